The summed E-state index contributed by atoms with van der Waals surface area (Å²) in [7, 11) is 0. The first kappa shape index (κ1) is 19.6. The third-order valence-corrected chi connectivity index (χ3v) is 5.76. The molecule has 1 unspecified atom stereocenters. The number of benzene rings is 1. The number of anilines is 1. The molecule has 0 bridgehead atoms. The molecule has 6 heteroatoms. The van der Waals surface area contributed by atoms with Crippen molar-refractivity contribution in [1.82, 2.24) is 4.90 Å². The van der Waals surface area contributed by atoms with Gasteiger partial charge in [-0.25, -0.2) is 0 Å². The van der Waals surface area contributed by atoms with Crippen molar-refractivity contribution in [2.45, 2.75) is 25.7 Å². The summed E-state index contributed by atoms with van der Waals surface area (Å²) in [5.74, 6) is 0.422. The van der Waals surface area contributed by atoms with Crippen molar-refractivity contribution >= 4 is 46.5 Å². The van der Waals surface area contributed by atoms with Gasteiger partial charge < -0.3 is 10.2 Å². The molecule has 1 aromatic carbocycles. The summed E-state index contributed by atoms with van der Waals surface area (Å²) in [6, 6.07) is 11.1. The van der Waals surface area contributed by atoms with E-state index in [0.29, 0.717) is 17.4 Å². The first-order valence-electron chi connectivity index (χ1n) is 9.16. The molecule has 1 aliphatic rings. The maximum absolute atomic E-state index is 12.4. The highest BCUT2D eigenvalue weighted by Gasteiger charge is 2.23. The molecule has 27 heavy (non-hydrogen) atoms. The zero-order valence-corrected chi connectivity index (χ0v) is 16.6. The Bertz CT molecular complexity index is 787. The van der Waals surface area contributed by atoms with Gasteiger partial charge in [0.25, 0.3) is 0 Å². The number of likely N-dealkylation sites (tertiary alicyclic amines) is 1. The van der Waals surface area contributed by atoms with Crippen molar-refractivity contribution in [3.8, 4) is 0 Å². The van der Waals surface area contributed by atoms with Gasteiger partial charge in [0.05, 0.1) is 0 Å². The maximum Gasteiger partial charge on any atom is 0.246 e. The van der Waals surface area contributed by atoms with E-state index in [9.17, 15) is 9.59 Å². The third kappa shape index (κ3) is 6.22. The summed E-state index contributed by atoms with van der Waals surface area (Å²) in [6.07, 6.45) is 6.82. The van der Waals surface area contributed by atoms with Crippen molar-refractivity contribution < 1.29 is 9.59 Å². The lowest BCUT2D eigenvalue weighted by Crippen LogP contribution is -2.39. The summed E-state index contributed by atoms with van der Waals surface area (Å²) in [6.45, 7) is 1.52. The molecule has 1 atom stereocenters. The Kier molecular flexibility index (Phi) is 7.07. The molecule has 0 aliphatic carbocycles. The number of nitrogens with zero attached hydrogens (tertiary/aromatic N) is 1. The van der Waals surface area contributed by atoms with Crippen molar-refractivity contribution in [2.75, 3.05) is 18.4 Å². The summed E-state index contributed by atoms with van der Waals surface area (Å²) >= 11 is 7.47. The second-order valence-electron chi connectivity index (χ2n) is 6.74. The number of carbonyl (C=O) groups excluding carboxylic acids is 2. The van der Waals surface area contributed by atoms with Crippen LogP contribution in [-0.2, 0) is 9.59 Å². The van der Waals surface area contributed by atoms with Gasteiger partial charge in [-0.2, -0.15) is 0 Å². The number of hydrogen-bond donors (Lipinski definition) is 1. The number of halogens is 1. The van der Waals surface area contributed by atoms with Gasteiger partial charge in [0.1, 0.15) is 0 Å². The van der Waals surface area contributed by atoms with E-state index in [1.165, 1.54) is 0 Å². The molecular weight excluding hydrogens is 380 g/mol. The van der Waals surface area contributed by atoms with Gasteiger partial charge in [0.15, 0.2) is 0 Å². The predicted molar refractivity (Wildman–Crippen MR) is 112 cm³/mol. The molecule has 1 saturated heterocycles. The number of piperidine rings is 1. The Hall–Kier alpha value is -2.11. The van der Waals surface area contributed by atoms with Crippen molar-refractivity contribution in [3.63, 3.8) is 0 Å². The van der Waals surface area contributed by atoms with Crippen LogP contribution in [0.3, 0.4) is 0 Å². The third-order valence-electron chi connectivity index (χ3n) is 4.67. The van der Waals surface area contributed by atoms with Gasteiger partial charge in [-0.3, -0.25) is 9.59 Å². The van der Waals surface area contributed by atoms with Crippen LogP contribution < -0.4 is 5.32 Å². The van der Waals surface area contributed by atoms with Crippen molar-refractivity contribution in [1.29, 1.82) is 0 Å². The van der Waals surface area contributed by atoms with E-state index in [1.807, 2.05) is 28.5 Å². The minimum atomic E-state index is -0.00152. The van der Waals surface area contributed by atoms with Crippen LogP contribution in [0.5, 0.6) is 0 Å². The molecule has 1 N–H and O–H groups in total. The number of rotatable bonds is 6. The second-order valence-corrected chi connectivity index (χ2v) is 8.15. The Morgan fingerprint density at radius 2 is 2.07 bits per heavy atom. The van der Waals surface area contributed by atoms with Crippen LogP contribution >= 0.6 is 22.9 Å². The molecule has 142 valence electrons. The molecule has 2 amide bonds. The summed E-state index contributed by atoms with van der Waals surface area (Å²) < 4.78 is 0. The van der Waals surface area contributed by atoms with E-state index in [2.05, 4.69) is 5.32 Å². The first-order valence-corrected chi connectivity index (χ1v) is 10.4. The molecule has 4 nitrogen and oxygen atoms in total. The molecule has 0 spiro atoms. The van der Waals surface area contributed by atoms with Gasteiger partial charge in [-0.15, -0.1) is 11.3 Å². The van der Waals surface area contributed by atoms with Crippen LogP contribution in [0.1, 0.15) is 30.6 Å². The highest BCUT2D eigenvalue weighted by molar-refractivity contribution is 7.10. The fourth-order valence-corrected chi connectivity index (χ4v) is 3.98. The Labute approximate surface area is 168 Å². The lowest BCUT2D eigenvalue weighted by molar-refractivity contribution is -0.127. The zero-order chi connectivity index (χ0) is 19.1. The van der Waals surface area contributed by atoms with Crippen LogP contribution in [0.4, 0.5) is 5.69 Å². The lowest BCUT2D eigenvalue weighted by atomic mass is 9.93. The Balaban J connectivity index is 1.44. The molecule has 1 fully saturated rings. The van der Waals surface area contributed by atoms with Crippen LogP contribution in [0.25, 0.3) is 6.08 Å². The minimum absolute atomic E-state index is 0.00152. The molecule has 2 aromatic rings. The Morgan fingerprint density at radius 1 is 1.26 bits per heavy atom. The van der Waals surface area contributed by atoms with Crippen LogP contribution in [0, 0.1) is 5.92 Å². The summed E-state index contributed by atoms with van der Waals surface area (Å²) in [5, 5.41) is 5.53. The van der Waals surface area contributed by atoms with Crippen LogP contribution in [-0.4, -0.2) is 29.8 Å². The number of thiophene rings is 1. The number of hydrogen-bond acceptors (Lipinski definition) is 3. The number of carbonyl (C=O) groups is 2. The quantitative estimate of drug-likeness (QED) is 0.685. The second kappa shape index (κ2) is 9.72. The minimum Gasteiger partial charge on any atom is -0.339 e. The van der Waals surface area contributed by atoms with E-state index in [-0.39, 0.29) is 11.8 Å². The van der Waals surface area contributed by atoms with Gasteiger partial charge >= 0.3 is 0 Å². The highest BCUT2D eigenvalue weighted by atomic mass is 35.5. The summed E-state index contributed by atoms with van der Waals surface area (Å²) in [4.78, 5) is 27.5. The monoisotopic (exact) mass is 402 g/mol. The lowest BCUT2D eigenvalue weighted by Gasteiger charge is -2.32. The topological polar surface area (TPSA) is 49.4 Å². The fraction of sp³-hybridized carbons (Fsp3) is 0.333. The van der Waals surface area contributed by atoms with E-state index in [4.69, 9.17) is 11.6 Å². The fourth-order valence-electron chi connectivity index (χ4n) is 3.24. The molecule has 3 rings (SSSR count). The van der Waals surface area contributed by atoms with Crippen molar-refractivity contribution in [3.05, 3.63) is 57.8 Å². The molecule has 2 heterocycles. The smallest absolute Gasteiger partial charge is 0.246 e. The van der Waals surface area contributed by atoms with Gasteiger partial charge in [-0.1, -0.05) is 17.7 Å². The average molecular weight is 403 g/mol. The van der Waals surface area contributed by atoms with Gasteiger partial charge in [-0.05, 0) is 67.0 Å². The zero-order valence-electron chi connectivity index (χ0n) is 15.1. The Morgan fingerprint density at radius 3 is 2.81 bits per heavy atom. The van der Waals surface area contributed by atoms with Gasteiger partial charge in [0, 0.05) is 41.2 Å². The summed E-state index contributed by atoms with van der Waals surface area (Å²) in [5.41, 5.74) is 0.753. The van der Waals surface area contributed by atoms with Crippen LogP contribution in [0.2, 0.25) is 5.02 Å². The van der Waals surface area contributed by atoms with E-state index in [0.717, 1.165) is 42.9 Å². The molecule has 0 saturated carbocycles. The highest BCUT2D eigenvalue weighted by Crippen LogP contribution is 2.22. The average Bonchev–Trinajstić information content (AvgIpc) is 3.20. The molecular formula is C21H23ClN2O2S. The number of nitrogens with one attached hydrogen (secondary N) is 1. The van der Waals surface area contributed by atoms with Crippen molar-refractivity contribution in [2.24, 2.45) is 5.92 Å². The largest absolute Gasteiger partial charge is 0.339 e. The molecule has 1 aliphatic heterocycles. The number of amides is 2. The van der Waals surface area contributed by atoms with E-state index < -0.39 is 0 Å². The van der Waals surface area contributed by atoms with E-state index >= 15 is 0 Å². The first-order chi connectivity index (χ1) is 13.1. The normalized spacial score (nSPS) is 17.2. The molecule has 0 radical (unpaired) electrons. The molecule has 1 aromatic heterocycles. The SMILES string of the molecule is O=C(CCC1CCCN(C(=O)C=Cc2cccs2)C1)Nc1ccc(Cl)cc1. The standard InChI is InChI=1S/C21H23ClN2O2S/c22-17-6-8-18(9-7-17)23-20(25)11-5-16-3-1-13-24(15-16)21(26)12-10-19-4-2-14-27-19/h2,4,6-10,12,14,16H,1,3,5,11,13,15H2,(H,23,25). The van der Waals surface area contributed by atoms with Crippen LogP contribution in [0.15, 0.2) is 47.9 Å². The van der Waals surface area contributed by atoms with E-state index in [1.54, 1.807) is 41.7 Å². The van der Waals surface area contributed by atoms with Gasteiger partial charge in [0.2, 0.25) is 11.8 Å². The predicted octanol–water partition coefficient (Wildman–Crippen LogP) is 5.07. The maximum atomic E-state index is 12.4.